The first-order valence-electron chi connectivity index (χ1n) is 13.0. The summed E-state index contributed by atoms with van der Waals surface area (Å²) in [6.45, 7) is 8.61. The SMILES string of the molecule is CCC(=O)OCC(=O)[C@]1(OC(=O)CC)[C@H](C)C[C@@H]2[C@H]3CCC4=CC(=O)C=C[C@]4(C)[C@]3(Cl)[C@@H](O)C[C@@]21C. The van der Waals surface area contributed by atoms with E-state index in [1.807, 2.05) is 26.8 Å². The Bertz CT molecular complexity index is 1050. The molecule has 0 heterocycles. The number of aliphatic hydroxyl groups excluding tert-OH is 1. The standard InChI is InChI=1S/C28H37ClO7/c1-6-23(33)35-15-22(32)28(36-24(34)7-2)16(3)12-20-19-9-8-17-13-18(30)10-11-25(17,4)27(19,29)21(31)14-26(20,28)5/h10-11,13,16,19-21,31H,6-9,12,14-15H2,1-5H3/t16-,19-,20-,21+,25+,26+,27-,28-/m1/s1. The highest BCUT2D eigenvalue weighted by atomic mass is 35.5. The third-order valence-electron chi connectivity index (χ3n) is 9.81. The number of allylic oxidation sites excluding steroid dienone is 4. The molecule has 0 aromatic carbocycles. The molecule has 4 aliphatic carbocycles. The van der Waals surface area contributed by atoms with Gasteiger partial charge >= 0.3 is 11.9 Å². The van der Waals surface area contributed by atoms with Crippen molar-refractivity contribution < 1.29 is 33.8 Å². The molecule has 0 aromatic rings. The summed E-state index contributed by atoms with van der Waals surface area (Å²) in [5, 5.41) is 11.8. The van der Waals surface area contributed by atoms with Crippen molar-refractivity contribution in [3.05, 3.63) is 23.8 Å². The maximum atomic E-state index is 13.9. The lowest BCUT2D eigenvalue weighted by atomic mass is 9.45. The largest absolute Gasteiger partial charge is 0.457 e. The molecule has 1 N–H and O–H groups in total. The zero-order chi connectivity index (χ0) is 26.7. The van der Waals surface area contributed by atoms with Gasteiger partial charge in [0.25, 0.3) is 0 Å². The average Bonchev–Trinajstić information content (AvgIpc) is 3.05. The van der Waals surface area contributed by atoms with Crippen molar-refractivity contribution in [1.82, 2.24) is 0 Å². The van der Waals surface area contributed by atoms with Crippen molar-refractivity contribution in [2.45, 2.75) is 89.7 Å². The smallest absolute Gasteiger partial charge is 0.306 e. The minimum atomic E-state index is -1.55. The third-order valence-corrected chi connectivity index (χ3v) is 10.7. The van der Waals surface area contributed by atoms with Crippen LogP contribution in [0.5, 0.6) is 0 Å². The fourth-order valence-electron chi connectivity index (χ4n) is 8.01. The van der Waals surface area contributed by atoms with E-state index in [0.29, 0.717) is 19.3 Å². The van der Waals surface area contributed by atoms with Crippen LogP contribution in [0.25, 0.3) is 0 Å². The topological polar surface area (TPSA) is 107 Å². The van der Waals surface area contributed by atoms with Gasteiger partial charge in [0, 0.05) is 29.6 Å². The van der Waals surface area contributed by atoms with Crippen LogP contribution in [0.4, 0.5) is 0 Å². The Morgan fingerprint density at radius 2 is 1.81 bits per heavy atom. The number of hydrogen-bond donors (Lipinski definition) is 1. The van der Waals surface area contributed by atoms with E-state index < -0.39 is 51.7 Å². The Hall–Kier alpha value is -1.99. The van der Waals surface area contributed by atoms with E-state index >= 15 is 0 Å². The minimum Gasteiger partial charge on any atom is -0.457 e. The van der Waals surface area contributed by atoms with Crippen LogP contribution in [0, 0.1) is 28.6 Å². The molecular formula is C28H37ClO7. The summed E-state index contributed by atoms with van der Waals surface area (Å²) in [6.07, 6.45) is 6.18. The van der Waals surface area contributed by atoms with Gasteiger partial charge in [-0.1, -0.05) is 46.3 Å². The lowest BCUT2D eigenvalue weighted by molar-refractivity contribution is -0.203. The van der Waals surface area contributed by atoms with Gasteiger partial charge in [-0.2, -0.15) is 0 Å². The number of halogens is 1. The highest BCUT2D eigenvalue weighted by Crippen LogP contribution is 2.72. The van der Waals surface area contributed by atoms with Gasteiger partial charge in [0.05, 0.1) is 11.0 Å². The van der Waals surface area contributed by atoms with Crippen LogP contribution < -0.4 is 0 Å². The minimum absolute atomic E-state index is 0.0801. The first kappa shape index (κ1) is 27.1. The van der Waals surface area contributed by atoms with Gasteiger partial charge < -0.3 is 14.6 Å². The zero-order valence-corrected chi connectivity index (χ0v) is 22.5. The van der Waals surface area contributed by atoms with E-state index in [0.717, 1.165) is 5.57 Å². The summed E-state index contributed by atoms with van der Waals surface area (Å²) in [7, 11) is 0. The normalized spacial score (nSPS) is 43.1. The highest BCUT2D eigenvalue weighted by molar-refractivity contribution is 6.26. The van der Waals surface area contributed by atoms with E-state index in [-0.39, 0.29) is 42.8 Å². The van der Waals surface area contributed by atoms with Gasteiger partial charge in [-0.3, -0.25) is 19.2 Å². The van der Waals surface area contributed by atoms with Crippen molar-refractivity contribution in [3.63, 3.8) is 0 Å². The van der Waals surface area contributed by atoms with Crippen LogP contribution in [0.15, 0.2) is 23.8 Å². The lowest BCUT2D eigenvalue weighted by Gasteiger charge is -2.64. The van der Waals surface area contributed by atoms with E-state index in [4.69, 9.17) is 21.1 Å². The molecule has 3 saturated carbocycles. The van der Waals surface area contributed by atoms with Gasteiger partial charge in [0.2, 0.25) is 5.78 Å². The number of carbonyl (C=O) groups is 4. The fourth-order valence-corrected chi connectivity index (χ4v) is 8.53. The highest BCUT2D eigenvalue weighted by Gasteiger charge is 2.76. The Morgan fingerprint density at radius 3 is 2.44 bits per heavy atom. The number of alkyl halides is 1. The fraction of sp³-hybridized carbons (Fsp3) is 0.714. The Labute approximate surface area is 217 Å². The number of fused-ring (bicyclic) bond motifs is 5. The molecule has 8 atom stereocenters. The summed E-state index contributed by atoms with van der Waals surface area (Å²) in [6, 6.07) is 0. The molecule has 4 aliphatic rings. The average molecular weight is 521 g/mol. The maximum Gasteiger partial charge on any atom is 0.306 e. The van der Waals surface area contributed by atoms with Crippen molar-refractivity contribution in [2.24, 2.45) is 28.6 Å². The molecule has 36 heavy (non-hydrogen) atoms. The second kappa shape index (κ2) is 9.09. The van der Waals surface area contributed by atoms with Crippen LogP contribution in [-0.2, 0) is 28.7 Å². The first-order chi connectivity index (χ1) is 16.8. The predicted octanol–water partition coefficient (Wildman–Crippen LogP) is 4.09. The van der Waals surface area contributed by atoms with Crippen LogP contribution in [0.2, 0.25) is 0 Å². The lowest BCUT2D eigenvalue weighted by Crippen LogP contribution is -2.69. The van der Waals surface area contributed by atoms with Crippen molar-refractivity contribution in [1.29, 1.82) is 0 Å². The second-order valence-electron chi connectivity index (χ2n) is 11.4. The van der Waals surface area contributed by atoms with Crippen LogP contribution in [-0.4, -0.2) is 51.8 Å². The van der Waals surface area contributed by atoms with Crippen LogP contribution >= 0.6 is 11.6 Å². The molecule has 8 heteroatoms. The molecule has 0 radical (unpaired) electrons. The molecule has 0 aromatic heterocycles. The monoisotopic (exact) mass is 520 g/mol. The molecule has 3 fully saturated rings. The quantitative estimate of drug-likeness (QED) is 0.415. The van der Waals surface area contributed by atoms with Crippen molar-refractivity contribution in [2.75, 3.05) is 6.61 Å². The zero-order valence-electron chi connectivity index (χ0n) is 21.8. The number of esters is 2. The molecule has 0 unspecified atom stereocenters. The molecule has 0 amide bonds. The van der Waals surface area contributed by atoms with Gasteiger partial charge in [-0.25, -0.2) is 0 Å². The Morgan fingerprint density at radius 1 is 1.14 bits per heavy atom. The number of ether oxygens (including phenoxy) is 2. The molecule has 0 bridgehead atoms. The summed E-state index contributed by atoms with van der Waals surface area (Å²) in [5.41, 5.74) is -2.27. The predicted molar refractivity (Wildman–Crippen MR) is 133 cm³/mol. The summed E-state index contributed by atoms with van der Waals surface area (Å²) >= 11 is 7.48. The molecule has 4 rings (SSSR count). The van der Waals surface area contributed by atoms with Gasteiger partial charge in [0.15, 0.2) is 18.0 Å². The van der Waals surface area contributed by atoms with Crippen molar-refractivity contribution >= 4 is 35.1 Å². The Kier molecular flexibility index (Phi) is 6.83. The molecule has 0 saturated heterocycles. The molecule has 7 nitrogen and oxygen atoms in total. The van der Waals surface area contributed by atoms with E-state index in [2.05, 4.69) is 0 Å². The molecule has 0 spiro atoms. The van der Waals surface area contributed by atoms with E-state index in [9.17, 15) is 24.3 Å². The first-order valence-corrected chi connectivity index (χ1v) is 13.4. The molecular weight excluding hydrogens is 484 g/mol. The van der Waals surface area contributed by atoms with Crippen LogP contribution in [0.3, 0.4) is 0 Å². The summed E-state index contributed by atoms with van der Waals surface area (Å²) in [5.74, 6) is -2.24. The number of aliphatic hydroxyl groups is 1. The third kappa shape index (κ3) is 3.48. The number of rotatable bonds is 6. The van der Waals surface area contributed by atoms with E-state index in [1.54, 1.807) is 19.9 Å². The second-order valence-corrected chi connectivity index (χ2v) is 12.0. The number of Topliss-reactive ketones (excluding diaryl/α,β-unsaturated/α-hetero) is 1. The van der Waals surface area contributed by atoms with Crippen LogP contribution in [0.1, 0.15) is 73.1 Å². The molecule has 0 aliphatic heterocycles. The van der Waals surface area contributed by atoms with Gasteiger partial charge in [0.1, 0.15) is 0 Å². The summed E-state index contributed by atoms with van der Waals surface area (Å²) in [4.78, 5) is 49.5. The summed E-state index contributed by atoms with van der Waals surface area (Å²) < 4.78 is 11.3. The van der Waals surface area contributed by atoms with E-state index in [1.165, 1.54) is 6.08 Å². The molecule has 198 valence electrons. The van der Waals surface area contributed by atoms with Gasteiger partial charge in [-0.05, 0) is 49.7 Å². The number of hydrogen-bond acceptors (Lipinski definition) is 7. The maximum absolute atomic E-state index is 13.9. The Balaban J connectivity index is 1.80. The van der Waals surface area contributed by atoms with Gasteiger partial charge in [-0.15, -0.1) is 11.6 Å². The number of ketones is 2. The van der Waals surface area contributed by atoms with Crippen molar-refractivity contribution in [3.8, 4) is 0 Å². The number of carbonyl (C=O) groups excluding carboxylic acids is 4.